The number of hydrogen-bond donors (Lipinski definition) is 1. The van der Waals surface area contributed by atoms with E-state index in [-0.39, 0.29) is 22.4 Å². The van der Waals surface area contributed by atoms with E-state index in [4.69, 9.17) is 4.74 Å². The van der Waals surface area contributed by atoms with Crippen molar-refractivity contribution in [2.24, 2.45) is 0 Å². The van der Waals surface area contributed by atoms with Crippen LogP contribution < -0.4 is 5.32 Å². The monoisotopic (exact) mass is 428 g/mol. The van der Waals surface area contributed by atoms with Gasteiger partial charge in [-0.2, -0.15) is 4.31 Å². The van der Waals surface area contributed by atoms with Gasteiger partial charge in [-0.3, -0.25) is 4.79 Å². The van der Waals surface area contributed by atoms with E-state index in [0.29, 0.717) is 18.7 Å². The molecule has 1 atom stereocenters. The Morgan fingerprint density at radius 1 is 0.967 bits per heavy atom. The smallest absolute Gasteiger partial charge is 0.339 e. The van der Waals surface area contributed by atoms with Crippen molar-refractivity contribution in [1.82, 2.24) is 9.62 Å². The quantitative estimate of drug-likeness (QED) is 0.685. The number of hydrogen-bond acceptors (Lipinski definition) is 5. The Kier molecular flexibility index (Phi) is 5.87. The van der Waals surface area contributed by atoms with Gasteiger partial charge in [0.15, 0.2) is 0 Å². The van der Waals surface area contributed by atoms with E-state index >= 15 is 0 Å². The van der Waals surface area contributed by atoms with Gasteiger partial charge in [0.25, 0.3) is 5.91 Å². The van der Waals surface area contributed by atoms with Gasteiger partial charge in [0.2, 0.25) is 16.1 Å². The number of benzene rings is 2. The highest BCUT2D eigenvalue weighted by molar-refractivity contribution is 7.89. The maximum Gasteiger partial charge on any atom is 0.339 e. The maximum atomic E-state index is 12.7. The number of nitrogens with one attached hydrogen (secondary N) is 1. The second-order valence-electron chi connectivity index (χ2n) is 7.61. The summed E-state index contributed by atoms with van der Waals surface area (Å²) in [6, 6.07) is 14.6. The summed E-state index contributed by atoms with van der Waals surface area (Å²) in [7, 11) is -3.55. The molecule has 0 spiro atoms. The predicted octanol–water partition coefficient (Wildman–Crippen LogP) is 2.65. The fourth-order valence-electron chi connectivity index (χ4n) is 3.42. The zero-order valence-electron chi connectivity index (χ0n) is 16.5. The highest BCUT2D eigenvalue weighted by atomic mass is 32.2. The molecule has 0 bridgehead atoms. The average molecular weight is 429 g/mol. The molecule has 1 N–H and O–H groups in total. The number of sulfonamides is 1. The summed E-state index contributed by atoms with van der Waals surface area (Å²) in [6.07, 6.45) is 2.50. The van der Waals surface area contributed by atoms with Gasteiger partial charge in [-0.25, -0.2) is 13.2 Å². The average Bonchev–Trinajstić information content (AvgIpc) is 3.39. The number of carbonyl (C=O) groups is 2. The van der Waals surface area contributed by atoms with Gasteiger partial charge in [-0.05, 0) is 49.9 Å². The molecule has 1 aliphatic carbocycles. The summed E-state index contributed by atoms with van der Waals surface area (Å²) >= 11 is 0. The molecular weight excluding hydrogens is 404 g/mol. The van der Waals surface area contributed by atoms with Crippen molar-refractivity contribution in [2.75, 3.05) is 13.1 Å². The van der Waals surface area contributed by atoms with Crippen molar-refractivity contribution < 1.29 is 22.7 Å². The highest BCUT2D eigenvalue weighted by Crippen LogP contribution is 2.25. The van der Waals surface area contributed by atoms with E-state index in [2.05, 4.69) is 5.32 Å². The topological polar surface area (TPSA) is 92.8 Å². The first-order chi connectivity index (χ1) is 14.4. The molecule has 0 unspecified atom stereocenters. The fourth-order valence-corrected chi connectivity index (χ4v) is 4.94. The summed E-state index contributed by atoms with van der Waals surface area (Å²) < 4.78 is 32.2. The van der Waals surface area contributed by atoms with E-state index in [1.54, 1.807) is 24.3 Å². The Morgan fingerprint density at radius 2 is 1.60 bits per heavy atom. The molecule has 2 fully saturated rings. The Labute approximate surface area is 176 Å². The van der Waals surface area contributed by atoms with E-state index < -0.39 is 22.1 Å². The van der Waals surface area contributed by atoms with Crippen molar-refractivity contribution in [3.05, 3.63) is 65.7 Å². The van der Waals surface area contributed by atoms with Crippen LogP contribution in [0.4, 0.5) is 0 Å². The molecule has 8 heteroatoms. The van der Waals surface area contributed by atoms with Gasteiger partial charge < -0.3 is 10.1 Å². The van der Waals surface area contributed by atoms with Crippen molar-refractivity contribution in [3.8, 4) is 0 Å². The molecule has 2 aliphatic rings. The molecule has 158 valence electrons. The summed E-state index contributed by atoms with van der Waals surface area (Å²) in [4.78, 5) is 25.5. The summed E-state index contributed by atoms with van der Waals surface area (Å²) in [6.45, 7) is 1.03. The Bertz CT molecular complexity index is 1010. The van der Waals surface area contributed by atoms with Crippen LogP contribution in [0.15, 0.2) is 59.5 Å². The molecule has 0 radical (unpaired) electrons. The lowest BCUT2D eigenvalue weighted by molar-refractivity contribution is -0.130. The third kappa shape index (κ3) is 4.55. The number of carbonyl (C=O) groups excluding carboxylic acids is 2. The minimum absolute atomic E-state index is 0.137. The van der Waals surface area contributed by atoms with E-state index in [1.807, 2.05) is 6.07 Å². The van der Waals surface area contributed by atoms with E-state index in [0.717, 1.165) is 25.7 Å². The summed E-state index contributed by atoms with van der Waals surface area (Å²) in [5.74, 6) is -1.04. The Morgan fingerprint density at radius 3 is 2.20 bits per heavy atom. The number of esters is 1. The zero-order chi connectivity index (χ0) is 21.1. The third-order valence-corrected chi connectivity index (χ3v) is 7.19. The molecule has 7 nitrogen and oxygen atoms in total. The van der Waals surface area contributed by atoms with Gasteiger partial charge in [0, 0.05) is 24.7 Å². The van der Waals surface area contributed by atoms with Gasteiger partial charge in [0.05, 0.1) is 10.5 Å². The van der Waals surface area contributed by atoms with Crippen molar-refractivity contribution in [1.29, 1.82) is 0 Å². The molecule has 1 aliphatic heterocycles. The first-order valence-electron chi connectivity index (χ1n) is 10.1. The molecule has 2 aromatic rings. The maximum absolute atomic E-state index is 12.7. The van der Waals surface area contributed by atoms with Crippen LogP contribution in [-0.2, 0) is 19.6 Å². The second-order valence-corrected chi connectivity index (χ2v) is 9.55. The van der Waals surface area contributed by atoms with Gasteiger partial charge >= 0.3 is 5.97 Å². The van der Waals surface area contributed by atoms with E-state index in [1.165, 1.54) is 28.6 Å². The SMILES string of the molecule is O=C(O[C@H](C(=O)NC1CC1)c1ccccc1)c1ccc(S(=O)(=O)N2CCCC2)cc1. The zero-order valence-corrected chi connectivity index (χ0v) is 17.3. The summed E-state index contributed by atoms with van der Waals surface area (Å²) in [5, 5.41) is 2.87. The molecule has 0 aromatic heterocycles. The van der Waals surface area contributed by atoms with Crippen LogP contribution in [0.25, 0.3) is 0 Å². The first-order valence-corrected chi connectivity index (χ1v) is 11.6. The second kappa shape index (κ2) is 8.57. The largest absolute Gasteiger partial charge is 0.444 e. The van der Waals surface area contributed by atoms with Crippen LogP contribution >= 0.6 is 0 Å². The third-order valence-electron chi connectivity index (χ3n) is 5.28. The highest BCUT2D eigenvalue weighted by Gasteiger charge is 2.31. The van der Waals surface area contributed by atoms with Crippen LogP contribution in [0.1, 0.15) is 47.7 Å². The van der Waals surface area contributed by atoms with Crippen LogP contribution in [0, 0.1) is 0 Å². The molecule has 1 amide bonds. The Balaban J connectivity index is 1.50. The minimum atomic E-state index is -3.55. The standard InChI is InChI=1S/C22H24N2O5S/c25-21(23-18-10-11-18)20(16-6-2-1-3-7-16)29-22(26)17-8-12-19(13-9-17)30(27,28)24-14-4-5-15-24/h1-3,6-9,12-13,18,20H,4-5,10-11,14-15H2,(H,23,25)/t20-/m0/s1. The minimum Gasteiger partial charge on any atom is -0.444 e. The summed E-state index contributed by atoms with van der Waals surface area (Å²) in [5.41, 5.74) is 0.771. The number of nitrogens with zero attached hydrogens (tertiary/aromatic N) is 1. The van der Waals surface area contributed by atoms with Gasteiger partial charge in [0.1, 0.15) is 0 Å². The molecular formula is C22H24N2O5S. The number of amides is 1. The normalized spacial score (nSPS) is 18.0. The first kappa shape index (κ1) is 20.6. The lowest BCUT2D eigenvalue weighted by Crippen LogP contribution is -2.33. The lowest BCUT2D eigenvalue weighted by atomic mass is 10.1. The Hall–Kier alpha value is -2.71. The number of ether oxygens (including phenoxy) is 1. The van der Waals surface area contributed by atoms with Crippen LogP contribution in [0.5, 0.6) is 0 Å². The van der Waals surface area contributed by atoms with Crippen molar-refractivity contribution >= 4 is 21.9 Å². The molecule has 1 saturated carbocycles. The van der Waals surface area contributed by atoms with Crippen LogP contribution in [0.2, 0.25) is 0 Å². The van der Waals surface area contributed by atoms with Gasteiger partial charge in [-0.1, -0.05) is 30.3 Å². The number of rotatable bonds is 7. The molecule has 30 heavy (non-hydrogen) atoms. The lowest BCUT2D eigenvalue weighted by Gasteiger charge is -2.18. The van der Waals surface area contributed by atoms with Gasteiger partial charge in [-0.15, -0.1) is 0 Å². The fraction of sp³-hybridized carbons (Fsp3) is 0.364. The van der Waals surface area contributed by atoms with Crippen LogP contribution in [0.3, 0.4) is 0 Å². The molecule has 1 heterocycles. The van der Waals surface area contributed by atoms with Crippen molar-refractivity contribution in [2.45, 2.75) is 42.7 Å². The molecule has 2 aromatic carbocycles. The van der Waals surface area contributed by atoms with Crippen molar-refractivity contribution in [3.63, 3.8) is 0 Å². The molecule has 4 rings (SSSR count). The predicted molar refractivity (Wildman–Crippen MR) is 110 cm³/mol. The van der Waals surface area contributed by atoms with Crippen LogP contribution in [-0.4, -0.2) is 43.7 Å². The molecule has 1 saturated heterocycles. The van der Waals surface area contributed by atoms with E-state index in [9.17, 15) is 18.0 Å².